The molecule has 1 amide bonds. The smallest absolute Gasteiger partial charge is 0.226 e. The summed E-state index contributed by atoms with van der Waals surface area (Å²) in [6.45, 7) is 4.02. The first-order chi connectivity index (χ1) is 8.66. The first-order valence-corrected chi connectivity index (χ1v) is 7.36. The number of hydrogen-bond donors (Lipinski definition) is 3. The highest BCUT2D eigenvalue weighted by molar-refractivity contribution is 5.83. The van der Waals surface area contributed by atoms with Gasteiger partial charge in [-0.2, -0.15) is 0 Å². The zero-order valence-corrected chi connectivity index (χ0v) is 11.4. The van der Waals surface area contributed by atoms with Gasteiger partial charge in [-0.1, -0.05) is 6.92 Å². The van der Waals surface area contributed by atoms with Crippen molar-refractivity contribution in [2.45, 2.75) is 64.0 Å². The number of carbonyl (C=O) groups excluding carboxylic acids is 1. The van der Waals surface area contributed by atoms with Crippen LogP contribution >= 0.6 is 0 Å². The molecule has 0 aromatic rings. The lowest BCUT2D eigenvalue weighted by molar-refractivity contribution is -0.134. The van der Waals surface area contributed by atoms with Crippen molar-refractivity contribution in [3.05, 3.63) is 0 Å². The summed E-state index contributed by atoms with van der Waals surface area (Å²) in [4.78, 5) is 12.5. The fourth-order valence-electron chi connectivity index (χ4n) is 3.21. The van der Waals surface area contributed by atoms with Gasteiger partial charge in [-0.15, -0.1) is 0 Å². The summed E-state index contributed by atoms with van der Waals surface area (Å²) in [5, 5.41) is 16.0. The molecule has 0 spiro atoms. The van der Waals surface area contributed by atoms with Crippen LogP contribution in [0, 0.1) is 5.41 Å². The maximum Gasteiger partial charge on any atom is 0.226 e. The average molecular weight is 254 g/mol. The van der Waals surface area contributed by atoms with Crippen LogP contribution in [0.4, 0.5) is 0 Å². The topological polar surface area (TPSA) is 61.4 Å². The molecule has 0 atom stereocenters. The van der Waals surface area contributed by atoms with Crippen LogP contribution in [0.5, 0.6) is 0 Å². The minimum atomic E-state index is -0.155. The molecule has 0 bridgehead atoms. The molecule has 2 rings (SSSR count). The van der Waals surface area contributed by atoms with Crippen molar-refractivity contribution in [3.8, 4) is 0 Å². The third kappa shape index (κ3) is 3.04. The second-order valence-electron chi connectivity index (χ2n) is 5.86. The summed E-state index contributed by atoms with van der Waals surface area (Å²) in [6, 6.07) is 0.277. The molecule has 0 aromatic carbocycles. The molecule has 1 saturated heterocycles. The van der Waals surface area contributed by atoms with Gasteiger partial charge in [0, 0.05) is 6.04 Å². The second kappa shape index (κ2) is 6.02. The first kappa shape index (κ1) is 13.8. The van der Waals surface area contributed by atoms with Crippen molar-refractivity contribution in [2.24, 2.45) is 5.41 Å². The molecule has 1 aliphatic heterocycles. The molecule has 0 radical (unpaired) electrons. The van der Waals surface area contributed by atoms with E-state index in [-0.39, 0.29) is 23.5 Å². The molecule has 4 heteroatoms. The van der Waals surface area contributed by atoms with Gasteiger partial charge in [-0.05, 0) is 58.0 Å². The van der Waals surface area contributed by atoms with Crippen LogP contribution < -0.4 is 10.6 Å². The Kier molecular flexibility index (Phi) is 4.62. The minimum absolute atomic E-state index is 0.151. The summed E-state index contributed by atoms with van der Waals surface area (Å²) in [6.07, 6.45) is 6.16. The molecule has 1 saturated carbocycles. The number of aliphatic hydroxyl groups excluding tert-OH is 1. The fourth-order valence-corrected chi connectivity index (χ4v) is 3.21. The Bertz CT molecular complexity index is 280. The second-order valence-corrected chi connectivity index (χ2v) is 5.86. The zero-order valence-electron chi connectivity index (χ0n) is 11.4. The number of aliphatic hydroxyl groups is 1. The number of nitrogens with one attached hydrogen (secondary N) is 2. The lowest BCUT2D eigenvalue weighted by atomic mass is 9.75. The van der Waals surface area contributed by atoms with Crippen LogP contribution in [0.3, 0.4) is 0 Å². The Labute approximate surface area is 110 Å². The van der Waals surface area contributed by atoms with Gasteiger partial charge in [-0.3, -0.25) is 4.79 Å². The van der Waals surface area contributed by atoms with Crippen LogP contribution in [0.25, 0.3) is 0 Å². The predicted molar refractivity (Wildman–Crippen MR) is 71.2 cm³/mol. The van der Waals surface area contributed by atoms with Crippen molar-refractivity contribution in [3.63, 3.8) is 0 Å². The summed E-state index contributed by atoms with van der Waals surface area (Å²) >= 11 is 0. The maximum absolute atomic E-state index is 12.5. The molecule has 0 aromatic heterocycles. The van der Waals surface area contributed by atoms with Crippen LogP contribution in [-0.4, -0.2) is 36.2 Å². The molecule has 2 aliphatic rings. The lowest BCUT2D eigenvalue weighted by Crippen LogP contribution is -2.50. The van der Waals surface area contributed by atoms with Gasteiger partial charge in [0.1, 0.15) is 0 Å². The molecule has 3 N–H and O–H groups in total. The largest absolute Gasteiger partial charge is 0.393 e. The number of amides is 1. The van der Waals surface area contributed by atoms with E-state index in [4.69, 9.17) is 0 Å². The summed E-state index contributed by atoms with van der Waals surface area (Å²) in [7, 11) is 0. The third-order valence-electron chi connectivity index (χ3n) is 4.75. The minimum Gasteiger partial charge on any atom is -0.393 e. The fraction of sp³-hybridized carbons (Fsp3) is 0.929. The van der Waals surface area contributed by atoms with Gasteiger partial charge in [-0.25, -0.2) is 0 Å². The van der Waals surface area contributed by atoms with E-state index in [1.807, 2.05) is 0 Å². The van der Waals surface area contributed by atoms with E-state index in [2.05, 4.69) is 17.6 Å². The Hall–Kier alpha value is -0.610. The normalized spacial score (nSPS) is 31.9. The maximum atomic E-state index is 12.5. The summed E-state index contributed by atoms with van der Waals surface area (Å²) in [5.41, 5.74) is -0.151. The van der Waals surface area contributed by atoms with Gasteiger partial charge >= 0.3 is 0 Å². The Balaban J connectivity index is 1.89. The van der Waals surface area contributed by atoms with E-state index >= 15 is 0 Å². The third-order valence-corrected chi connectivity index (χ3v) is 4.75. The highest BCUT2D eigenvalue weighted by atomic mass is 16.3. The van der Waals surface area contributed by atoms with Gasteiger partial charge in [0.25, 0.3) is 0 Å². The molecular weight excluding hydrogens is 228 g/mol. The summed E-state index contributed by atoms with van der Waals surface area (Å²) in [5.74, 6) is 0.243. The highest BCUT2D eigenvalue weighted by Crippen LogP contribution is 2.33. The van der Waals surface area contributed by atoms with E-state index in [9.17, 15) is 9.90 Å². The van der Waals surface area contributed by atoms with Crippen molar-refractivity contribution in [2.75, 3.05) is 13.1 Å². The molecule has 104 valence electrons. The number of piperidine rings is 1. The summed E-state index contributed by atoms with van der Waals surface area (Å²) < 4.78 is 0. The van der Waals surface area contributed by atoms with Gasteiger partial charge in [0.05, 0.1) is 11.5 Å². The average Bonchev–Trinajstić information content (AvgIpc) is 2.42. The monoisotopic (exact) mass is 254 g/mol. The van der Waals surface area contributed by atoms with E-state index in [0.29, 0.717) is 0 Å². The Morgan fingerprint density at radius 1 is 1.28 bits per heavy atom. The van der Waals surface area contributed by atoms with Crippen LogP contribution in [0.2, 0.25) is 0 Å². The van der Waals surface area contributed by atoms with Crippen LogP contribution in [0.1, 0.15) is 51.9 Å². The van der Waals surface area contributed by atoms with Crippen LogP contribution in [0.15, 0.2) is 0 Å². The van der Waals surface area contributed by atoms with E-state index in [1.54, 1.807) is 0 Å². The Morgan fingerprint density at radius 2 is 1.89 bits per heavy atom. The molecule has 18 heavy (non-hydrogen) atoms. The van der Waals surface area contributed by atoms with Gasteiger partial charge < -0.3 is 15.7 Å². The molecule has 2 fully saturated rings. The van der Waals surface area contributed by atoms with Gasteiger partial charge in [0.2, 0.25) is 5.91 Å². The van der Waals surface area contributed by atoms with E-state index in [1.165, 1.54) is 0 Å². The predicted octanol–water partition coefficient (Wildman–Crippen LogP) is 1.19. The van der Waals surface area contributed by atoms with Crippen LogP contribution in [-0.2, 0) is 4.79 Å². The van der Waals surface area contributed by atoms with E-state index < -0.39 is 0 Å². The highest BCUT2D eigenvalue weighted by Gasteiger charge is 2.38. The number of rotatable bonds is 3. The lowest BCUT2D eigenvalue weighted by Gasteiger charge is -2.37. The van der Waals surface area contributed by atoms with Crippen molar-refractivity contribution in [1.82, 2.24) is 10.6 Å². The quantitative estimate of drug-likeness (QED) is 0.709. The zero-order chi connectivity index (χ0) is 13.0. The van der Waals surface area contributed by atoms with Crippen molar-refractivity contribution < 1.29 is 9.90 Å². The number of carbonyl (C=O) groups is 1. The molecule has 4 nitrogen and oxygen atoms in total. The van der Waals surface area contributed by atoms with E-state index in [0.717, 1.165) is 58.0 Å². The Morgan fingerprint density at radius 3 is 2.44 bits per heavy atom. The first-order valence-electron chi connectivity index (χ1n) is 7.36. The van der Waals surface area contributed by atoms with Crippen molar-refractivity contribution >= 4 is 5.91 Å². The molecule has 1 aliphatic carbocycles. The standard InChI is InChI=1S/C14H26N2O2/c1-2-14(7-9-15-10-8-14)13(18)16-11-3-5-12(17)6-4-11/h11-12,15,17H,2-10H2,1H3,(H,16,18). The molecule has 0 unspecified atom stereocenters. The molecular formula is C14H26N2O2. The molecule has 1 heterocycles. The SMILES string of the molecule is CCC1(C(=O)NC2CCC(O)CC2)CCNCC1. The van der Waals surface area contributed by atoms with Gasteiger partial charge in [0.15, 0.2) is 0 Å². The van der Waals surface area contributed by atoms with Crippen molar-refractivity contribution in [1.29, 1.82) is 0 Å². The number of hydrogen-bond acceptors (Lipinski definition) is 3.